The fourth-order valence-corrected chi connectivity index (χ4v) is 2.64. The summed E-state index contributed by atoms with van der Waals surface area (Å²) in [7, 11) is 0. The molecular weight excluding hydrogens is 238 g/mol. The molecule has 1 N–H and O–H groups in total. The van der Waals surface area contributed by atoms with Crippen LogP contribution < -0.4 is 10.1 Å². The van der Waals surface area contributed by atoms with E-state index < -0.39 is 0 Å². The second kappa shape index (κ2) is 5.25. The molecule has 0 spiro atoms. The van der Waals surface area contributed by atoms with Crippen molar-refractivity contribution in [3.05, 3.63) is 29.3 Å². The van der Waals surface area contributed by atoms with Crippen molar-refractivity contribution >= 4 is 12.4 Å². The number of benzene rings is 1. The number of ether oxygens (including phenoxy) is 2. The normalized spacial score (nSPS) is 25.7. The molecule has 17 heavy (non-hydrogen) atoms. The van der Waals surface area contributed by atoms with Gasteiger partial charge in [-0.15, -0.1) is 12.4 Å². The molecule has 0 aliphatic carbocycles. The zero-order valence-electron chi connectivity index (χ0n) is 9.94. The molecule has 0 aromatic heterocycles. The van der Waals surface area contributed by atoms with Crippen LogP contribution in [0.1, 0.15) is 24.0 Å². The van der Waals surface area contributed by atoms with Crippen molar-refractivity contribution < 1.29 is 9.47 Å². The molecule has 2 heterocycles. The highest BCUT2D eigenvalue weighted by molar-refractivity contribution is 5.85. The molecule has 2 atom stereocenters. The van der Waals surface area contributed by atoms with Gasteiger partial charge in [0.1, 0.15) is 5.75 Å². The lowest BCUT2D eigenvalue weighted by molar-refractivity contribution is 0.0298. The Morgan fingerprint density at radius 2 is 2.29 bits per heavy atom. The van der Waals surface area contributed by atoms with E-state index in [-0.39, 0.29) is 12.4 Å². The summed E-state index contributed by atoms with van der Waals surface area (Å²) in [4.78, 5) is 0. The van der Waals surface area contributed by atoms with Crippen molar-refractivity contribution in [3.63, 3.8) is 0 Å². The van der Waals surface area contributed by atoms with Crippen LogP contribution in [0.3, 0.4) is 0 Å². The molecule has 0 bridgehead atoms. The second-order valence-electron chi connectivity index (χ2n) is 4.41. The lowest BCUT2D eigenvalue weighted by atomic mass is 9.89. The lowest BCUT2D eigenvalue weighted by Gasteiger charge is -2.28. The van der Waals surface area contributed by atoms with E-state index in [0.29, 0.717) is 12.0 Å². The quantitative estimate of drug-likeness (QED) is 0.878. The molecule has 4 heteroatoms. The van der Waals surface area contributed by atoms with E-state index in [2.05, 4.69) is 17.4 Å². The van der Waals surface area contributed by atoms with Gasteiger partial charge in [-0.2, -0.15) is 0 Å². The fraction of sp³-hybridized carbons (Fsp3) is 0.538. The zero-order valence-corrected chi connectivity index (χ0v) is 10.8. The minimum Gasteiger partial charge on any atom is -0.494 e. The van der Waals surface area contributed by atoms with Crippen LogP contribution in [0.15, 0.2) is 18.2 Å². The van der Waals surface area contributed by atoms with Crippen LogP contribution in [0.4, 0.5) is 0 Å². The maximum atomic E-state index is 5.82. The summed E-state index contributed by atoms with van der Waals surface area (Å²) in [5.41, 5.74) is 2.72. The molecule has 2 aliphatic heterocycles. The first-order valence-corrected chi connectivity index (χ1v) is 5.96. The third-order valence-electron chi connectivity index (χ3n) is 3.44. The van der Waals surface area contributed by atoms with Gasteiger partial charge in [0.05, 0.1) is 19.3 Å². The van der Waals surface area contributed by atoms with E-state index >= 15 is 0 Å². The topological polar surface area (TPSA) is 30.5 Å². The number of fused-ring (bicyclic) bond motifs is 3. The molecule has 3 nitrogen and oxygen atoms in total. The molecule has 1 fully saturated rings. The SMILES string of the molecule is CCOc1ccc2c(c1)[C@@H]1CNC[C@@H]1OC2.Cl. The Kier molecular flexibility index (Phi) is 3.92. The Bertz CT molecular complexity index is 397. The monoisotopic (exact) mass is 255 g/mol. The van der Waals surface area contributed by atoms with Gasteiger partial charge in [0.2, 0.25) is 0 Å². The molecule has 0 unspecified atom stereocenters. The first-order valence-electron chi connectivity index (χ1n) is 5.96. The molecule has 3 rings (SSSR count). The van der Waals surface area contributed by atoms with Crippen LogP contribution in [0, 0.1) is 0 Å². The van der Waals surface area contributed by atoms with Gasteiger partial charge in [-0.25, -0.2) is 0 Å². The van der Waals surface area contributed by atoms with E-state index in [1.54, 1.807) is 0 Å². The summed E-state index contributed by atoms with van der Waals surface area (Å²) in [5.74, 6) is 1.48. The Balaban J connectivity index is 0.00000108. The van der Waals surface area contributed by atoms with Crippen molar-refractivity contribution in [3.8, 4) is 5.75 Å². The van der Waals surface area contributed by atoms with Gasteiger partial charge in [-0.1, -0.05) is 6.07 Å². The van der Waals surface area contributed by atoms with Crippen LogP contribution in [-0.4, -0.2) is 25.8 Å². The second-order valence-corrected chi connectivity index (χ2v) is 4.41. The highest BCUT2D eigenvalue weighted by Crippen LogP contribution is 2.35. The number of nitrogens with one attached hydrogen (secondary N) is 1. The highest BCUT2D eigenvalue weighted by Gasteiger charge is 2.34. The summed E-state index contributed by atoms with van der Waals surface area (Å²) >= 11 is 0. The average molecular weight is 256 g/mol. The first-order chi connectivity index (χ1) is 7.88. The molecule has 0 amide bonds. The smallest absolute Gasteiger partial charge is 0.119 e. The van der Waals surface area contributed by atoms with E-state index in [4.69, 9.17) is 9.47 Å². The Labute approximate surface area is 108 Å². The van der Waals surface area contributed by atoms with E-state index in [1.165, 1.54) is 11.1 Å². The summed E-state index contributed by atoms with van der Waals surface area (Å²) in [5, 5.41) is 3.39. The van der Waals surface area contributed by atoms with Gasteiger partial charge >= 0.3 is 0 Å². The molecule has 0 saturated carbocycles. The van der Waals surface area contributed by atoms with Gasteiger partial charge < -0.3 is 14.8 Å². The standard InChI is InChI=1S/C13H17NO2.ClH/c1-2-15-10-4-3-9-8-16-13-7-14-6-12(13)11(9)5-10;/h3-5,12-14H,2,6-8H2,1H3;1H/t12-,13-;/m0./s1. The molecule has 1 aromatic rings. The Hall–Kier alpha value is -0.770. The minimum atomic E-state index is 0. The summed E-state index contributed by atoms with van der Waals surface area (Å²) < 4.78 is 11.4. The van der Waals surface area contributed by atoms with Crippen LogP contribution in [-0.2, 0) is 11.3 Å². The van der Waals surface area contributed by atoms with Gasteiger partial charge in [-0.05, 0) is 30.2 Å². The average Bonchev–Trinajstić information content (AvgIpc) is 2.78. The lowest BCUT2D eigenvalue weighted by Crippen LogP contribution is -2.26. The third-order valence-corrected chi connectivity index (χ3v) is 3.44. The van der Waals surface area contributed by atoms with Gasteiger partial charge in [0.25, 0.3) is 0 Å². The van der Waals surface area contributed by atoms with Crippen molar-refractivity contribution in [1.82, 2.24) is 5.32 Å². The molecule has 1 saturated heterocycles. The fourth-order valence-electron chi connectivity index (χ4n) is 2.64. The van der Waals surface area contributed by atoms with Crippen LogP contribution in [0.5, 0.6) is 5.75 Å². The predicted molar refractivity (Wildman–Crippen MR) is 69.0 cm³/mol. The van der Waals surface area contributed by atoms with Crippen molar-refractivity contribution in [2.45, 2.75) is 25.6 Å². The summed E-state index contributed by atoms with van der Waals surface area (Å²) in [6, 6.07) is 6.36. The summed E-state index contributed by atoms with van der Waals surface area (Å²) in [6.07, 6.45) is 0.351. The van der Waals surface area contributed by atoms with E-state index in [1.807, 2.05) is 13.0 Å². The van der Waals surface area contributed by atoms with Gasteiger partial charge in [0.15, 0.2) is 0 Å². The molecule has 94 valence electrons. The maximum absolute atomic E-state index is 5.82. The maximum Gasteiger partial charge on any atom is 0.119 e. The van der Waals surface area contributed by atoms with Gasteiger partial charge in [0, 0.05) is 19.0 Å². The van der Waals surface area contributed by atoms with Gasteiger partial charge in [-0.3, -0.25) is 0 Å². The Morgan fingerprint density at radius 1 is 1.41 bits per heavy atom. The molecule has 1 aromatic carbocycles. The van der Waals surface area contributed by atoms with E-state index in [9.17, 15) is 0 Å². The largest absolute Gasteiger partial charge is 0.494 e. The van der Waals surface area contributed by atoms with Crippen LogP contribution >= 0.6 is 12.4 Å². The first kappa shape index (κ1) is 12.7. The number of rotatable bonds is 2. The molecule has 2 aliphatic rings. The number of halogens is 1. The van der Waals surface area contributed by atoms with Crippen molar-refractivity contribution in [2.75, 3.05) is 19.7 Å². The van der Waals surface area contributed by atoms with Crippen LogP contribution in [0.25, 0.3) is 0 Å². The van der Waals surface area contributed by atoms with Crippen molar-refractivity contribution in [1.29, 1.82) is 0 Å². The zero-order chi connectivity index (χ0) is 11.0. The number of hydrogen-bond acceptors (Lipinski definition) is 3. The molecule has 0 radical (unpaired) electrons. The number of hydrogen-bond donors (Lipinski definition) is 1. The van der Waals surface area contributed by atoms with Crippen LogP contribution in [0.2, 0.25) is 0 Å². The van der Waals surface area contributed by atoms with Crippen molar-refractivity contribution in [2.24, 2.45) is 0 Å². The highest BCUT2D eigenvalue weighted by atomic mass is 35.5. The third kappa shape index (κ3) is 2.28. The summed E-state index contributed by atoms with van der Waals surface area (Å²) in [6.45, 7) is 5.48. The molecular formula is C13H18ClNO2. The minimum absolute atomic E-state index is 0. The Morgan fingerprint density at radius 3 is 3.12 bits per heavy atom. The van der Waals surface area contributed by atoms with E-state index in [0.717, 1.165) is 32.1 Å². The predicted octanol–water partition coefficient (Wildman–Crippen LogP) is 2.09.